The van der Waals surface area contributed by atoms with Crippen LogP contribution in [0.1, 0.15) is 19.4 Å². The zero-order valence-corrected chi connectivity index (χ0v) is 8.60. The lowest BCUT2D eigenvalue weighted by Crippen LogP contribution is -2.25. The van der Waals surface area contributed by atoms with E-state index in [1.165, 1.54) is 0 Å². The third kappa shape index (κ3) is 3.01. The lowest BCUT2D eigenvalue weighted by molar-refractivity contribution is 0.0604. The Kier molecular flexibility index (Phi) is 3.92. The van der Waals surface area contributed by atoms with Gasteiger partial charge in [-0.2, -0.15) is 0 Å². The highest BCUT2D eigenvalue weighted by molar-refractivity contribution is 5.28. The van der Waals surface area contributed by atoms with Crippen molar-refractivity contribution >= 4 is 0 Å². The molecule has 1 aromatic carbocycles. The Morgan fingerprint density at radius 1 is 1.43 bits per heavy atom. The van der Waals surface area contributed by atoms with E-state index in [4.69, 9.17) is 10.5 Å². The maximum Gasteiger partial charge on any atom is 0.121 e. The summed E-state index contributed by atoms with van der Waals surface area (Å²) in [6.07, 6.45) is -0.681. The molecule has 0 radical (unpaired) electrons. The number of aliphatic hydroxyl groups excluding tert-OH is 1. The summed E-state index contributed by atoms with van der Waals surface area (Å²) in [6, 6.07) is 7.59. The van der Waals surface area contributed by atoms with Crippen molar-refractivity contribution in [2.24, 2.45) is 5.73 Å². The standard InChI is InChI=1S/C11H17NO2/c1-8(13)9(2)14-11-5-3-4-10(6-11)7-12/h3-6,8-9,13H,7,12H2,1-2H3. The molecular formula is C11H17NO2. The molecule has 14 heavy (non-hydrogen) atoms. The molecule has 1 aromatic rings. The van der Waals surface area contributed by atoms with Crippen molar-refractivity contribution in [1.29, 1.82) is 0 Å². The Labute approximate surface area is 84.5 Å². The number of aliphatic hydroxyl groups is 1. The van der Waals surface area contributed by atoms with Gasteiger partial charge in [-0.25, -0.2) is 0 Å². The zero-order chi connectivity index (χ0) is 10.6. The van der Waals surface area contributed by atoms with Gasteiger partial charge in [0.25, 0.3) is 0 Å². The van der Waals surface area contributed by atoms with Gasteiger partial charge in [0.1, 0.15) is 11.9 Å². The van der Waals surface area contributed by atoms with Crippen LogP contribution in [0.3, 0.4) is 0 Å². The van der Waals surface area contributed by atoms with Crippen LogP contribution in [0.5, 0.6) is 5.75 Å². The number of hydrogen-bond donors (Lipinski definition) is 2. The monoisotopic (exact) mass is 195 g/mol. The second kappa shape index (κ2) is 4.98. The molecular weight excluding hydrogens is 178 g/mol. The van der Waals surface area contributed by atoms with E-state index in [0.717, 1.165) is 11.3 Å². The highest BCUT2D eigenvalue weighted by atomic mass is 16.5. The fourth-order valence-corrected chi connectivity index (χ4v) is 1.06. The average Bonchev–Trinajstić information content (AvgIpc) is 2.18. The van der Waals surface area contributed by atoms with E-state index in [0.29, 0.717) is 6.54 Å². The van der Waals surface area contributed by atoms with Crippen molar-refractivity contribution in [1.82, 2.24) is 0 Å². The molecule has 2 atom stereocenters. The van der Waals surface area contributed by atoms with Gasteiger partial charge in [-0.3, -0.25) is 0 Å². The van der Waals surface area contributed by atoms with Gasteiger partial charge >= 0.3 is 0 Å². The predicted octanol–water partition coefficient (Wildman–Crippen LogP) is 1.29. The van der Waals surface area contributed by atoms with Gasteiger partial charge < -0.3 is 15.6 Å². The molecule has 0 amide bonds. The van der Waals surface area contributed by atoms with Crippen LogP contribution in [0.15, 0.2) is 24.3 Å². The molecule has 1 rings (SSSR count). The first-order chi connectivity index (χ1) is 6.63. The van der Waals surface area contributed by atoms with Crippen LogP contribution in [-0.4, -0.2) is 17.3 Å². The molecule has 0 aliphatic heterocycles. The Bertz CT molecular complexity index is 286. The lowest BCUT2D eigenvalue weighted by Gasteiger charge is -2.17. The molecule has 3 N–H and O–H groups in total. The third-order valence-electron chi connectivity index (χ3n) is 2.14. The van der Waals surface area contributed by atoms with Gasteiger partial charge in [0.2, 0.25) is 0 Å². The van der Waals surface area contributed by atoms with E-state index in [9.17, 15) is 5.11 Å². The minimum atomic E-state index is -0.475. The van der Waals surface area contributed by atoms with E-state index in [1.54, 1.807) is 6.92 Å². The molecule has 0 saturated heterocycles. The van der Waals surface area contributed by atoms with Gasteiger partial charge in [-0.05, 0) is 31.5 Å². The first-order valence-corrected chi connectivity index (χ1v) is 4.77. The van der Waals surface area contributed by atoms with Crippen LogP contribution in [0, 0.1) is 0 Å². The molecule has 3 heteroatoms. The van der Waals surface area contributed by atoms with E-state index < -0.39 is 6.10 Å². The fraction of sp³-hybridized carbons (Fsp3) is 0.455. The smallest absolute Gasteiger partial charge is 0.121 e. The molecule has 0 saturated carbocycles. The molecule has 0 spiro atoms. The summed E-state index contributed by atoms with van der Waals surface area (Å²) in [5.74, 6) is 0.751. The maximum atomic E-state index is 9.26. The summed E-state index contributed by atoms with van der Waals surface area (Å²) in [6.45, 7) is 4.04. The summed E-state index contributed by atoms with van der Waals surface area (Å²) in [4.78, 5) is 0. The molecule has 0 bridgehead atoms. The predicted molar refractivity (Wildman–Crippen MR) is 56.1 cm³/mol. The van der Waals surface area contributed by atoms with Crippen LogP contribution < -0.4 is 10.5 Å². The van der Waals surface area contributed by atoms with Gasteiger partial charge in [-0.1, -0.05) is 12.1 Å². The summed E-state index contributed by atoms with van der Waals surface area (Å²) >= 11 is 0. The van der Waals surface area contributed by atoms with Crippen molar-refractivity contribution in [3.8, 4) is 5.75 Å². The average molecular weight is 195 g/mol. The summed E-state index contributed by atoms with van der Waals surface area (Å²) in [7, 11) is 0. The van der Waals surface area contributed by atoms with Crippen molar-refractivity contribution in [3.63, 3.8) is 0 Å². The van der Waals surface area contributed by atoms with Crippen LogP contribution in [0.4, 0.5) is 0 Å². The number of ether oxygens (including phenoxy) is 1. The van der Waals surface area contributed by atoms with E-state index >= 15 is 0 Å². The van der Waals surface area contributed by atoms with Crippen molar-refractivity contribution < 1.29 is 9.84 Å². The van der Waals surface area contributed by atoms with Crippen LogP contribution in [-0.2, 0) is 6.54 Å². The van der Waals surface area contributed by atoms with Gasteiger partial charge in [0, 0.05) is 6.54 Å². The molecule has 2 unspecified atom stereocenters. The molecule has 3 nitrogen and oxygen atoms in total. The number of hydrogen-bond acceptors (Lipinski definition) is 3. The topological polar surface area (TPSA) is 55.5 Å². The van der Waals surface area contributed by atoms with E-state index in [-0.39, 0.29) is 6.10 Å². The Hall–Kier alpha value is -1.06. The van der Waals surface area contributed by atoms with Crippen molar-refractivity contribution in [2.75, 3.05) is 0 Å². The maximum absolute atomic E-state index is 9.26. The molecule has 0 aliphatic carbocycles. The molecule has 78 valence electrons. The molecule has 0 aromatic heterocycles. The number of rotatable bonds is 4. The fourth-order valence-electron chi connectivity index (χ4n) is 1.06. The van der Waals surface area contributed by atoms with Gasteiger partial charge in [-0.15, -0.1) is 0 Å². The Balaban J connectivity index is 2.66. The highest BCUT2D eigenvalue weighted by Gasteiger charge is 2.09. The first kappa shape index (κ1) is 11.0. The van der Waals surface area contributed by atoms with Crippen molar-refractivity contribution in [3.05, 3.63) is 29.8 Å². The molecule has 0 fully saturated rings. The SMILES string of the molecule is CC(O)C(C)Oc1cccc(CN)c1. The molecule has 0 aliphatic rings. The van der Waals surface area contributed by atoms with E-state index in [2.05, 4.69) is 0 Å². The van der Waals surface area contributed by atoms with Crippen LogP contribution in [0.25, 0.3) is 0 Å². The first-order valence-electron chi connectivity index (χ1n) is 4.77. The second-order valence-corrected chi connectivity index (χ2v) is 3.42. The number of benzene rings is 1. The Morgan fingerprint density at radius 3 is 2.71 bits per heavy atom. The lowest BCUT2D eigenvalue weighted by atomic mass is 10.2. The van der Waals surface area contributed by atoms with Crippen LogP contribution >= 0.6 is 0 Å². The van der Waals surface area contributed by atoms with Gasteiger partial charge in [0.15, 0.2) is 0 Å². The summed E-state index contributed by atoms with van der Waals surface area (Å²) in [5.41, 5.74) is 6.53. The molecule has 0 heterocycles. The number of nitrogens with two attached hydrogens (primary N) is 1. The van der Waals surface area contributed by atoms with Crippen LogP contribution in [0.2, 0.25) is 0 Å². The second-order valence-electron chi connectivity index (χ2n) is 3.42. The largest absolute Gasteiger partial charge is 0.488 e. The quantitative estimate of drug-likeness (QED) is 0.761. The normalized spacial score (nSPS) is 14.9. The summed E-state index contributed by atoms with van der Waals surface area (Å²) in [5, 5.41) is 9.26. The Morgan fingerprint density at radius 2 is 2.14 bits per heavy atom. The minimum Gasteiger partial charge on any atom is -0.488 e. The third-order valence-corrected chi connectivity index (χ3v) is 2.14. The minimum absolute atomic E-state index is 0.206. The van der Waals surface area contributed by atoms with Gasteiger partial charge in [0.05, 0.1) is 6.10 Å². The van der Waals surface area contributed by atoms with Crippen molar-refractivity contribution in [2.45, 2.75) is 32.6 Å². The zero-order valence-electron chi connectivity index (χ0n) is 8.60. The highest BCUT2D eigenvalue weighted by Crippen LogP contribution is 2.15. The summed E-state index contributed by atoms with van der Waals surface area (Å²) < 4.78 is 5.51. The van der Waals surface area contributed by atoms with E-state index in [1.807, 2.05) is 31.2 Å².